The zero-order chi connectivity index (χ0) is 16.8. The molecule has 1 atom stereocenters. The molecule has 0 aromatic heterocycles. The van der Waals surface area contributed by atoms with Crippen molar-refractivity contribution in [2.24, 2.45) is 11.7 Å². The van der Waals surface area contributed by atoms with E-state index in [0.717, 1.165) is 12.0 Å². The first-order valence-corrected chi connectivity index (χ1v) is 7.86. The highest BCUT2D eigenvalue weighted by Gasteiger charge is 2.11. The fraction of sp³-hybridized carbons (Fsp3) is 0.368. The molecule has 0 saturated carbocycles. The van der Waals surface area contributed by atoms with Crippen molar-refractivity contribution >= 4 is 0 Å². The number of rotatable bonds is 7. The molecule has 0 spiro atoms. The molecule has 0 aliphatic heterocycles. The first-order chi connectivity index (χ1) is 10.9. The Hall–Kier alpha value is -2.07. The highest BCUT2D eigenvalue weighted by molar-refractivity contribution is 5.43. The van der Waals surface area contributed by atoms with E-state index in [1.807, 2.05) is 31.2 Å². The SMILES string of the molecule is Cc1ccc(Oc2cc(F)ccc2OC[C@H](N)CC(C)C)cc1. The molecule has 0 aliphatic rings. The van der Waals surface area contributed by atoms with Crippen LogP contribution in [0.2, 0.25) is 0 Å². The summed E-state index contributed by atoms with van der Waals surface area (Å²) in [7, 11) is 0. The van der Waals surface area contributed by atoms with Gasteiger partial charge in [0.25, 0.3) is 0 Å². The Morgan fingerprint density at radius 1 is 1.04 bits per heavy atom. The molecule has 0 fully saturated rings. The highest BCUT2D eigenvalue weighted by atomic mass is 19.1. The van der Waals surface area contributed by atoms with Gasteiger partial charge in [-0.2, -0.15) is 0 Å². The third-order valence-electron chi connectivity index (χ3n) is 3.38. The van der Waals surface area contributed by atoms with E-state index in [9.17, 15) is 4.39 Å². The molecule has 0 bridgehead atoms. The summed E-state index contributed by atoms with van der Waals surface area (Å²) in [6, 6.07) is 11.7. The maximum absolute atomic E-state index is 13.5. The van der Waals surface area contributed by atoms with Crippen molar-refractivity contribution in [3.8, 4) is 17.2 Å². The number of ether oxygens (including phenoxy) is 2. The number of nitrogens with two attached hydrogens (primary N) is 1. The topological polar surface area (TPSA) is 44.5 Å². The van der Waals surface area contributed by atoms with Crippen LogP contribution >= 0.6 is 0 Å². The van der Waals surface area contributed by atoms with E-state index in [2.05, 4.69) is 13.8 Å². The molecule has 2 rings (SSSR count). The quantitative estimate of drug-likeness (QED) is 0.806. The average Bonchev–Trinajstić information content (AvgIpc) is 2.48. The first kappa shape index (κ1) is 17.3. The van der Waals surface area contributed by atoms with Gasteiger partial charge in [0.1, 0.15) is 18.2 Å². The van der Waals surface area contributed by atoms with Crippen LogP contribution in [-0.4, -0.2) is 12.6 Å². The average molecular weight is 317 g/mol. The summed E-state index contributed by atoms with van der Waals surface area (Å²) < 4.78 is 25.0. The Morgan fingerprint density at radius 2 is 1.74 bits per heavy atom. The normalized spacial score (nSPS) is 12.3. The van der Waals surface area contributed by atoms with Crippen molar-refractivity contribution < 1.29 is 13.9 Å². The molecule has 4 heteroatoms. The van der Waals surface area contributed by atoms with Gasteiger partial charge in [-0.15, -0.1) is 0 Å². The zero-order valence-corrected chi connectivity index (χ0v) is 13.9. The van der Waals surface area contributed by atoms with Crippen LogP contribution in [0.25, 0.3) is 0 Å². The molecule has 23 heavy (non-hydrogen) atoms. The van der Waals surface area contributed by atoms with Crippen molar-refractivity contribution in [3.05, 3.63) is 53.8 Å². The number of aryl methyl sites for hydroxylation is 1. The minimum Gasteiger partial charge on any atom is -0.488 e. The second-order valence-corrected chi connectivity index (χ2v) is 6.21. The Morgan fingerprint density at radius 3 is 2.39 bits per heavy atom. The van der Waals surface area contributed by atoms with Gasteiger partial charge in [-0.25, -0.2) is 4.39 Å². The van der Waals surface area contributed by atoms with Gasteiger partial charge in [0, 0.05) is 12.1 Å². The monoisotopic (exact) mass is 317 g/mol. The van der Waals surface area contributed by atoms with Crippen LogP contribution in [0.5, 0.6) is 17.2 Å². The molecule has 3 nitrogen and oxygen atoms in total. The van der Waals surface area contributed by atoms with Gasteiger partial charge in [0.2, 0.25) is 0 Å². The smallest absolute Gasteiger partial charge is 0.172 e. The summed E-state index contributed by atoms with van der Waals surface area (Å²) in [6.45, 7) is 6.60. The summed E-state index contributed by atoms with van der Waals surface area (Å²) in [5, 5.41) is 0. The fourth-order valence-electron chi connectivity index (χ4n) is 2.28. The van der Waals surface area contributed by atoms with Crippen LogP contribution in [-0.2, 0) is 0 Å². The second kappa shape index (κ2) is 7.97. The van der Waals surface area contributed by atoms with Crippen LogP contribution in [0.3, 0.4) is 0 Å². The molecule has 0 amide bonds. The molecule has 2 N–H and O–H groups in total. The summed E-state index contributed by atoms with van der Waals surface area (Å²) in [5.74, 6) is 1.62. The summed E-state index contributed by atoms with van der Waals surface area (Å²) >= 11 is 0. The zero-order valence-electron chi connectivity index (χ0n) is 13.9. The maximum atomic E-state index is 13.5. The van der Waals surface area contributed by atoms with E-state index < -0.39 is 0 Å². The lowest BCUT2D eigenvalue weighted by atomic mass is 10.1. The molecule has 0 unspecified atom stereocenters. The molecule has 0 saturated heterocycles. The standard InChI is InChI=1S/C19H24FNO2/c1-13(2)10-16(21)12-22-18-9-6-15(20)11-19(18)23-17-7-4-14(3)5-8-17/h4-9,11,13,16H,10,12,21H2,1-3H3/t16-/m1/s1. The molecule has 2 aromatic rings. The molecule has 2 aromatic carbocycles. The lowest BCUT2D eigenvalue weighted by Crippen LogP contribution is -2.29. The van der Waals surface area contributed by atoms with E-state index in [-0.39, 0.29) is 11.9 Å². The van der Waals surface area contributed by atoms with Gasteiger partial charge in [-0.3, -0.25) is 0 Å². The van der Waals surface area contributed by atoms with Gasteiger partial charge in [0.05, 0.1) is 0 Å². The van der Waals surface area contributed by atoms with Gasteiger partial charge < -0.3 is 15.2 Å². The van der Waals surface area contributed by atoms with Gasteiger partial charge in [-0.05, 0) is 43.5 Å². The summed E-state index contributed by atoms with van der Waals surface area (Å²) in [5.41, 5.74) is 7.16. The fourth-order valence-corrected chi connectivity index (χ4v) is 2.28. The third-order valence-corrected chi connectivity index (χ3v) is 3.38. The Bertz CT molecular complexity index is 626. The van der Waals surface area contributed by atoms with Crippen LogP contribution in [0, 0.1) is 18.7 Å². The van der Waals surface area contributed by atoms with Crippen molar-refractivity contribution in [3.63, 3.8) is 0 Å². The first-order valence-electron chi connectivity index (χ1n) is 7.86. The van der Waals surface area contributed by atoms with E-state index in [4.69, 9.17) is 15.2 Å². The van der Waals surface area contributed by atoms with Crippen molar-refractivity contribution in [1.29, 1.82) is 0 Å². The van der Waals surface area contributed by atoms with Crippen LogP contribution < -0.4 is 15.2 Å². The van der Waals surface area contributed by atoms with E-state index in [1.165, 1.54) is 12.1 Å². The van der Waals surface area contributed by atoms with Crippen LogP contribution in [0.1, 0.15) is 25.8 Å². The predicted octanol–water partition coefficient (Wildman–Crippen LogP) is 4.68. The van der Waals surface area contributed by atoms with Crippen LogP contribution in [0.15, 0.2) is 42.5 Å². The minimum atomic E-state index is -0.369. The number of hydrogen-bond acceptors (Lipinski definition) is 3. The Balaban J connectivity index is 2.09. The van der Waals surface area contributed by atoms with Gasteiger partial charge in [-0.1, -0.05) is 31.5 Å². The number of benzene rings is 2. The highest BCUT2D eigenvalue weighted by Crippen LogP contribution is 2.32. The van der Waals surface area contributed by atoms with Gasteiger partial charge in [0.15, 0.2) is 11.5 Å². The molecule has 0 heterocycles. The lowest BCUT2D eigenvalue weighted by Gasteiger charge is -2.17. The van der Waals surface area contributed by atoms with Crippen LogP contribution in [0.4, 0.5) is 4.39 Å². The summed E-state index contributed by atoms with van der Waals surface area (Å²) in [4.78, 5) is 0. The lowest BCUT2D eigenvalue weighted by molar-refractivity contribution is 0.261. The molecular weight excluding hydrogens is 293 g/mol. The molecule has 0 aliphatic carbocycles. The Kier molecular flexibility index (Phi) is 5.99. The third kappa shape index (κ3) is 5.57. The Labute approximate surface area is 137 Å². The molecule has 124 valence electrons. The van der Waals surface area contributed by atoms with E-state index >= 15 is 0 Å². The largest absolute Gasteiger partial charge is 0.488 e. The number of hydrogen-bond donors (Lipinski definition) is 1. The van der Waals surface area contributed by atoms with Crippen molar-refractivity contribution in [2.45, 2.75) is 33.2 Å². The molecular formula is C19H24FNO2. The second-order valence-electron chi connectivity index (χ2n) is 6.21. The van der Waals surface area contributed by atoms with Crippen molar-refractivity contribution in [1.82, 2.24) is 0 Å². The summed E-state index contributed by atoms with van der Waals surface area (Å²) in [6.07, 6.45) is 0.870. The van der Waals surface area contributed by atoms with E-state index in [1.54, 1.807) is 6.07 Å². The number of halogens is 1. The predicted molar refractivity (Wildman–Crippen MR) is 90.6 cm³/mol. The minimum absolute atomic E-state index is 0.0627. The van der Waals surface area contributed by atoms with Gasteiger partial charge >= 0.3 is 0 Å². The van der Waals surface area contributed by atoms with Crippen molar-refractivity contribution in [2.75, 3.05) is 6.61 Å². The maximum Gasteiger partial charge on any atom is 0.172 e. The van der Waals surface area contributed by atoms with E-state index in [0.29, 0.717) is 29.8 Å². The molecule has 0 radical (unpaired) electrons.